The Labute approximate surface area is 313 Å². The van der Waals surface area contributed by atoms with Gasteiger partial charge in [0.25, 0.3) is 0 Å². The number of carboxylic acid groups (broad SMARTS) is 6. The number of benzene rings is 6. The minimum atomic E-state index is -1.23. The molecular weight excluding hydrogens is 1020 g/mol. The van der Waals surface area contributed by atoms with E-state index in [-0.39, 0.29) is 78.1 Å². The molecule has 50 heavy (non-hydrogen) atoms. The summed E-state index contributed by atoms with van der Waals surface area (Å²) in [5.74, 6) is -7.38. The Balaban J connectivity index is 0.000000255. The van der Waals surface area contributed by atoms with Crippen LogP contribution >= 0.6 is 0 Å². The molecule has 0 spiro atoms. The zero-order valence-corrected chi connectivity index (χ0v) is 29.5. The SMILES string of the molecule is O=C(O)c1ccc2ccccc2c1C(=O)O.O=C(O)c1ccc2ccccc2c1C(=O)O.O=C(O)c1ccc2ccccc2c1C(=O)O.[Au].[Au]. The van der Waals surface area contributed by atoms with Gasteiger partial charge >= 0.3 is 35.8 Å². The van der Waals surface area contributed by atoms with Gasteiger partial charge in [0.15, 0.2) is 0 Å². The molecule has 6 rings (SSSR count). The van der Waals surface area contributed by atoms with Crippen LogP contribution in [0.25, 0.3) is 32.3 Å². The summed E-state index contributed by atoms with van der Waals surface area (Å²) in [4.78, 5) is 66.0. The number of carbonyl (C=O) groups is 6. The van der Waals surface area contributed by atoms with Crippen molar-refractivity contribution in [1.29, 1.82) is 0 Å². The zero-order chi connectivity index (χ0) is 35.1. The normalized spacial score (nSPS) is 9.84. The van der Waals surface area contributed by atoms with E-state index in [1.165, 1.54) is 18.2 Å². The van der Waals surface area contributed by atoms with E-state index in [9.17, 15) is 28.8 Å². The van der Waals surface area contributed by atoms with Crippen LogP contribution in [0.15, 0.2) is 109 Å². The summed E-state index contributed by atoms with van der Waals surface area (Å²) in [7, 11) is 0. The van der Waals surface area contributed by atoms with Gasteiger partial charge in [-0.05, 0) is 50.5 Å². The van der Waals surface area contributed by atoms with Gasteiger partial charge in [0.05, 0.1) is 33.4 Å². The van der Waals surface area contributed by atoms with Gasteiger partial charge in [0.2, 0.25) is 0 Å². The maximum Gasteiger partial charge on any atom is 0.337 e. The molecule has 0 aliphatic carbocycles. The Bertz CT molecular complexity index is 2030. The van der Waals surface area contributed by atoms with Gasteiger partial charge in [-0.1, -0.05) is 91.0 Å². The Morgan fingerprint density at radius 3 is 0.720 bits per heavy atom. The molecule has 14 heteroatoms. The fourth-order valence-electron chi connectivity index (χ4n) is 5.04. The summed E-state index contributed by atoms with van der Waals surface area (Å²) in [6.07, 6.45) is 0. The van der Waals surface area contributed by atoms with Crippen molar-refractivity contribution >= 4 is 68.1 Å². The predicted octanol–water partition coefficient (Wildman–Crippen LogP) is 6.70. The molecule has 0 amide bonds. The van der Waals surface area contributed by atoms with Gasteiger partial charge in [-0.3, -0.25) is 0 Å². The summed E-state index contributed by atoms with van der Waals surface area (Å²) in [5, 5.41) is 57.3. The summed E-state index contributed by atoms with van der Waals surface area (Å²) in [5.41, 5.74) is -1.05. The van der Waals surface area contributed by atoms with E-state index in [1.807, 2.05) is 0 Å². The summed E-state index contributed by atoms with van der Waals surface area (Å²) in [6.45, 7) is 0. The smallest absolute Gasteiger partial charge is 0.337 e. The van der Waals surface area contributed by atoms with Crippen LogP contribution in [-0.4, -0.2) is 66.5 Å². The van der Waals surface area contributed by atoms with Crippen LogP contribution in [0, 0.1) is 0 Å². The molecule has 0 heterocycles. The van der Waals surface area contributed by atoms with Crippen LogP contribution in [0.4, 0.5) is 0 Å². The molecule has 0 aliphatic rings. The molecule has 6 N–H and O–H groups in total. The van der Waals surface area contributed by atoms with E-state index >= 15 is 0 Å². The molecule has 6 aromatic carbocycles. The Kier molecular flexibility index (Phi) is 14.4. The molecule has 0 atom stereocenters. The average molecular weight is 1040 g/mol. The second-order valence-electron chi connectivity index (χ2n) is 9.96. The van der Waals surface area contributed by atoms with Crippen LogP contribution in [-0.2, 0) is 44.8 Å². The van der Waals surface area contributed by atoms with Crippen molar-refractivity contribution in [3.05, 3.63) is 143 Å². The Morgan fingerprint density at radius 1 is 0.300 bits per heavy atom. The van der Waals surface area contributed by atoms with Gasteiger partial charge in [-0.25, -0.2) is 28.8 Å². The molecule has 6 aromatic rings. The predicted molar refractivity (Wildman–Crippen MR) is 174 cm³/mol. The molecule has 0 saturated heterocycles. The van der Waals surface area contributed by atoms with E-state index in [4.69, 9.17) is 30.6 Å². The molecular formula is C36H24Au2O12. The van der Waals surface area contributed by atoms with E-state index in [1.54, 1.807) is 91.0 Å². The van der Waals surface area contributed by atoms with Gasteiger partial charge in [0.1, 0.15) is 0 Å². The number of hydrogen-bond donors (Lipinski definition) is 6. The van der Waals surface area contributed by atoms with Crippen LogP contribution in [0.1, 0.15) is 62.1 Å². The maximum atomic E-state index is 11.1. The van der Waals surface area contributed by atoms with Crippen molar-refractivity contribution < 1.29 is 104 Å². The van der Waals surface area contributed by atoms with Crippen molar-refractivity contribution in [2.45, 2.75) is 0 Å². The number of aromatic carboxylic acids is 6. The Morgan fingerprint density at radius 2 is 0.520 bits per heavy atom. The summed E-state index contributed by atoms with van der Waals surface area (Å²) in [6, 6.07) is 29.1. The number of carboxylic acids is 6. The molecule has 12 nitrogen and oxygen atoms in total. The molecule has 0 saturated carbocycles. The number of rotatable bonds is 6. The first kappa shape index (κ1) is 40.6. The van der Waals surface area contributed by atoms with Gasteiger partial charge in [0, 0.05) is 44.8 Å². The van der Waals surface area contributed by atoms with Gasteiger partial charge in [-0.15, -0.1) is 0 Å². The van der Waals surface area contributed by atoms with E-state index in [2.05, 4.69) is 0 Å². The largest absolute Gasteiger partial charge is 0.478 e. The molecule has 0 fully saturated rings. The molecule has 262 valence electrons. The first-order valence-corrected chi connectivity index (χ1v) is 13.8. The van der Waals surface area contributed by atoms with Gasteiger partial charge < -0.3 is 30.6 Å². The fraction of sp³-hybridized carbons (Fsp3) is 0. The molecule has 2 radical (unpaired) electrons. The summed E-state index contributed by atoms with van der Waals surface area (Å²) >= 11 is 0. The molecule has 0 unspecified atom stereocenters. The molecule has 0 aromatic heterocycles. The fourth-order valence-corrected chi connectivity index (χ4v) is 5.04. The van der Waals surface area contributed by atoms with Crippen molar-refractivity contribution in [3.63, 3.8) is 0 Å². The standard InChI is InChI=1S/3C12H8O4.2Au/c3*13-11(14)9-6-5-7-3-1-2-4-8(7)10(9)12(15)16;;/h3*1-6H,(H,13,14)(H,15,16);;. The third kappa shape index (κ3) is 8.89. The molecule has 0 bridgehead atoms. The topological polar surface area (TPSA) is 224 Å². The quantitative estimate of drug-likeness (QED) is 0.0959. The van der Waals surface area contributed by atoms with Crippen LogP contribution < -0.4 is 0 Å². The maximum absolute atomic E-state index is 11.1. The Hall–Kier alpha value is -5.60. The van der Waals surface area contributed by atoms with Crippen molar-refractivity contribution in [2.24, 2.45) is 0 Å². The monoisotopic (exact) mass is 1040 g/mol. The molecule has 0 aliphatic heterocycles. The van der Waals surface area contributed by atoms with Crippen LogP contribution in [0.5, 0.6) is 0 Å². The first-order valence-electron chi connectivity index (χ1n) is 13.8. The van der Waals surface area contributed by atoms with Crippen molar-refractivity contribution in [1.82, 2.24) is 0 Å². The third-order valence-corrected chi connectivity index (χ3v) is 7.12. The summed E-state index contributed by atoms with van der Waals surface area (Å²) < 4.78 is 0. The van der Waals surface area contributed by atoms with Crippen molar-refractivity contribution in [3.8, 4) is 0 Å². The van der Waals surface area contributed by atoms with E-state index < -0.39 is 35.8 Å². The minimum Gasteiger partial charge on any atom is -0.478 e. The minimum absolute atomic E-state index is 0. The average Bonchev–Trinajstić information content (AvgIpc) is 3.06. The first-order chi connectivity index (χ1) is 22.8. The van der Waals surface area contributed by atoms with Crippen LogP contribution in [0.3, 0.4) is 0 Å². The third-order valence-electron chi connectivity index (χ3n) is 7.12. The van der Waals surface area contributed by atoms with E-state index in [0.29, 0.717) is 32.3 Å². The van der Waals surface area contributed by atoms with Gasteiger partial charge in [-0.2, -0.15) is 0 Å². The second kappa shape index (κ2) is 17.7. The van der Waals surface area contributed by atoms with E-state index in [0.717, 1.165) is 0 Å². The second-order valence-corrected chi connectivity index (χ2v) is 9.96. The number of hydrogen-bond acceptors (Lipinski definition) is 6. The van der Waals surface area contributed by atoms with Crippen molar-refractivity contribution in [2.75, 3.05) is 0 Å². The van der Waals surface area contributed by atoms with Crippen LogP contribution in [0.2, 0.25) is 0 Å². The zero-order valence-electron chi connectivity index (χ0n) is 25.1. The number of fused-ring (bicyclic) bond motifs is 3.